The monoisotopic (exact) mass is 268 g/mol. The van der Waals surface area contributed by atoms with E-state index in [4.69, 9.17) is 4.74 Å². The lowest BCUT2D eigenvalue weighted by Gasteiger charge is -2.27. The quantitative estimate of drug-likeness (QED) is 0.846. The molecule has 1 aliphatic heterocycles. The van der Waals surface area contributed by atoms with Crippen LogP contribution in [-0.4, -0.2) is 18.1 Å². The SMILES string of the molecule is c1ccc(COc2cccc(N3CCCCC3)n2)cc1. The maximum Gasteiger partial charge on any atom is 0.215 e. The second-order valence-electron chi connectivity index (χ2n) is 5.16. The maximum absolute atomic E-state index is 5.79. The Balaban J connectivity index is 1.65. The van der Waals surface area contributed by atoms with Gasteiger partial charge in [0.25, 0.3) is 0 Å². The highest BCUT2D eigenvalue weighted by atomic mass is 16.5. The van der Waals surface area contributed by atoms with Gasteiger partial charge in [0.15, 0.2) is 0 Å². The van der Waals surface area contributed by atoms with Gasteiger partial charge in [0, 0.05) is 19.2 Å². The van der Waals surface area contributed by atoms with Gasteiger partial charge in [0.1, 0.15) is 12.4 Å². The number of rotatable bonds is 4. The first-order chi connectivity index (χ1) is 9.92. The molecule has 0 aliphatic carbocycles. The zero-order chi connectivity index (χ0) is 13.6. The predicted octanol–water partition coefficient (Wildman–Crippen LogP) is 3.65. The minimum Gasteiger partial charge on any atom is -0.473 e. The predicted molar refractivity (Wildman–Crippen MR) is 81.1 cm³/mol. The van der Waals surface area contributed by atoms with Gasteiger partial charge in [-0.1, -0.05) is 36.4 Å². The second-order valence-corrected chi connectivity index (χ2v) is 5.16. The van der Waals surface area contributed by atoms with E-state index >= 15 is 0 Å². The van der Waals surface area contributed by atoms with Gasteiger partial charge in [-0.3, -0.25) is 0 Å². The van der Waals surface area contributed by atoms with Gasteiger partial charge >= 0.3 is 0 Å². The van der Waals surface area contributed by atoms with Gasteiger partial charge < -0.3 is 9.64 Å². The summed E-state index contributed by atoms with van der Waals surface area (Å²) in [6, 6.07) is 16.2. The van der Waals surface area contributed by atoms with Crippen molar-refractivity contribution in [3.05, 3.63) is 54.1 Å². The molecule has 3 rings (SSSR count). The van der Waals surface area contributed by atoms with Crippen molar-refractivity contribution in [1.29, 1.82) is 0 Å². The van der Waals surface area contributed by atoms with Gasteiger partial charge in [-0.2, -0.15) is 4.98 Å². The van der Waals surface area contributed by atoms with Gasteiger partial charge in [-0.15, -0.1) is 0 Å². The molecule has 1 saturated heterocycles. The van der Waals surface area contributed by atoms with E-state index in [1.54, 1.807) is 0 Å². The fourth-order valence-corrected chi connectivity index (χ4v) is 2.51. The summed E-state index contributed by atoms with van der Waals surface area (Å²) in [5.74, 6) is 1.74. The minimum atomic E-state index is 0.567. The Morgan fingerprint density at radius 2 is 1.70 bits per heavy atom. The van der Waals surface area contributed by atoms with Crippen molar-refractivity contribution in [2.75, 3.05) is 18.0 Å². The lowest BCUT2D eigenvalue weighted by Crippen LogP contribution is -2.30. The Bertz CT molecular complexity index is 536. The highest BCUT2D eigenvalue weighted by molar-refractivity contribution is 5.41. The number of benzene rings is 1. The lowest BCUT2D eigenvalue weighted by atomic mass is 10.1. The number of pyridine rings is 1. The van der Waals surface area contributed by atoms with Crippen LogP contribution in [0, 0.1) is 0 Å². The number of ether oxygens (including phenoxy) is 1. The summed E-state index contributed by atoms with van der Waals surface area (Å²) < 4.78 is 5.79. The summed E-state index contributed by atoms with van der Waals surface area (Å²) in [5.41, 5.74) is 1.16. The number of hydrogen-bond donors (Lipinski definition) is 0. The van der Waals surface area contributed by atoms with Crippen molar-refractivity contribution in [3.63, 3.8) is 0 Å². The molecule has 3 heteroatoms. The summed E-state index contributed by atoms with van der Waals surface area (Å²) >= 11 is 0. The molecule has 0 radical (unpaired) electrons. The number of anilines is 1. The van der Waals surface area contributed by atoms with Crippen LogP contribution in [0.4, 0.5) is 5.82 Å². The topological polar surface area (TPSA) is 25.4 Å². The van der Waals surface area contributed by atoms with Crippen LogP contribution < -0.4 is 9.64 Å². The number of aromatic nitrogens is 1. The molecule has 0 amide bonds. The molecule has 0 saturated carbocycles. The largest absolute Gasteiger partial charge is 0.473 e. The summed E-state index contributed by atoms with van der Waals surface area (Å²) in [5, 5.41) is 0. The molecule has 20 heavy (non-hydrogen) atoms. The molecule has 1 aromatic heterocycles. The molecule has 1 aromatic carbocycles. The van der Waals surface area contributed by atoms with E-state index in [1.807, 2.05) is 30.3 Å². The molecule has 2 heterocycles. The molecule has 1 fully saturated rings. The Hall–Kier alpha value is -2.03. The van der Waals surface area contributed by atoms with Crippen molar-refractivity contribution in [2.24, 2.45) is 0 Å². The van der Waals surface area contributed by atoms with Crippen molar-refractivity contribution >= 4 is 5.82 Å². The molecule has 0 bridgehead atoms. The third-order valence-electron chi connectivity index (χ3n) is 3.62. The highest BCUT2D eigenvalue weighted by Crippen LogP contribution is 2.20. The van der Waals surface area contributed by atoms with E-state index in [0.717, 1.165) is 24.5 Å². The lowest BCUT2D eigenvalue weighted by molar-refractivity contribution is 0.294. The van der Waals surface area contributed by atoms with Crippen LogP contribution >= 0.6 is 0 Å². The standard InChI is InChI=1S/C17H20N2O/c1-3-8-15(9-4-1)14-20-17-11-7-10-16(18-17)19-12-5-2-6-13-19/h1,3-4,7-11H,2,5-6,12-14H2. The maximum atomic E-state index is 5.79. The van der Waals surface area contributed by atoms with Crippen LogP contribution in [-0.2, 0) is 6.61 Å². The van der Waals surface area contributed by atoms with Crippen LogP contribution in [0.25, 0.3) is 0 Å². The summed E-state index contributed by atoms with van der Waals surface area (Å²) in [6.07, 6.45) is 3.86. The Labute approximate surface area is 120 Å². The molecule has 3 nitrogen and oxygen atoms in total. The first kappa shape index (κ1) is 13.0. The summed E-state index contributed by atoms with van der Waals surface area (Å²) in [6.45, 7) is 2.78. The van der Waals surface area contributed by atoms with Crippen molar-refractivity contribution in [3.8, 4) is 5.88 Å². The van der Waals surface area contributed by atoms with E-state index < -0.39 is 0 Å². The average molecular weight is 268 g/mol. The highest BCUT2D eigenvalue weighted by Gasteiger charge is 2.12. The first-order valence-corrected chi connectivity index (χ1v) is 7.30. The van der Waals surface area contributed by atoms with Crippen molar-refractivity contribution in [2.45, 2.75) is 25.9 Å². The molecule has 104 valence electrons. The van der Waals surface area contributed by atoms with Crippen LogP contribution in [0.5, 0.6) is 5.88 Å². The molecule has 1 aliphatic rings. The average Bonchev–Trinajstić information content (AvgIpc) is 2.55. The molecule has 2 aromatic rings. The Kier molecular flexibility index (Phi) is 4.16. The fraction of sp³-hybridized carbons (Fsp3) is 0.353. The van der Waals surface area contributed by atoms with E-state index in [0.29, 0.717) is 12.5 Å². The number of hydrogen-bond acceptors (Lipinski definition) is 3. The molecular weight excluding hydrogens is 248 g/mol. The first-order valence-electron chi connectivity index (χ1n) is 7.30. The van der Waals surface area contributed by atoms with Gasteiger partial charge in [0.05, 0.1) is 0 Å². The smallest absolute Gasteiger partial charge is 0.215 e. The fourth-order valence-electron chi connectivity index (χ4n) is 2.51. The van der Waals surface area contributed by atoms with Crippen molar-refractivity contribution in [1.82, 2.24) is 4.98 Å². The zero-order valence-corrected chi connectivity index (χ0v) is 11.7. The van der Waals surface area contributed by atoms with Gasteiger partial charge in [-0.05, 0) is 30.9 Å². The number of piperidine rings is 1. The van der Waals surface area contributed by atoms with Crippen LogP contribution in [0.15, 0.2) is 48.5 Å². The van der Waals surface area contributed by atoms with E-state index in [1.165, 1.54) is 19.3 Å². The normalized spacial score (nSPS) is 15.1. The van der Waals surface area contributed by atoms with E-state index in [2.05, 4.69) is 28.1 Å². The molecular formula is C17H20N2O. The summed E-state index contributed by atoms with van der Waals surface area (Å²) in [4.78, 5) is 6.96. The number of nitrogens with zero attached hydrogens (tertiary/aromatic N) is 2. The third kappa shape index (κ3) is 3.29. The zero-order valence-electron chi connectivity index (χ0n) is 11.7. The minimum absolute atomic E-state index is 0.567. The second kappa shape index (κ2) is 6.42. The third-order valence-corrected chi connectivity index (χ3v) is 3.62. The van der Waals surface area contributed by atoms with Crippen LogP contribution in [0.3, 0.4) is 0 Å². The van der Waals surface area contributed by atoms with Gasteiger partial charge in [0.2, 0.25) is 5.88 Å². The van der Waals surface area contributed by atoms with E-state index in [-0.39, 0.29) is 0 Å². The Morgan fingerprint density at radius 1 is 0.900 bits per heavy atom. The van der Waals surface area contributed by atoms with Crippen LogP contribution in [0.2, 0.25) is 0 Å². The summed E-state index contributed by atoms with van der Waals surface area (Å²) in [7, 11) is 0. The molecule has 0 atom stereocenters. The van der Waals surface area contributed by atoms with Gasteiger partial charge in [-0.25, -0.2) is 0 Å². The molecule has 0 spiro atoms. The van der Waals surface area contributed by atoms with Crippen molar-refractivity contribution < 1.29 is 4.74 Å². The molecule has 0 unspecified atom stereocenters. The molecule has 0 N–H and O–H groups in total. The van der Waals surface area contributed by atoms with Crippen LogP contribution in [0.1, 0.15) is 24.8 Å². The Morgan fingerprint density at radius 3 is 2.50 bits per heavy atom. The van der Waals surface area contributed by atoms with E-state index in [9.17, 15) is 0 Å².